The van der Waals surface area contributed by atoms with E-state index >= 15 is 0 Å². The van der Waals surface area contributed by atoms with Crippen molar-refractivity contribution in [2.75, 3.05) is 0 Å². The number of esters is 1. The fraction of sp³-hybridized carbons (Fsp3) is 0.737. The van der Waals surface area contributed by atoms with Gasteiger partial charge in [-0.1, -0.05) is 127 Å². The minimum absolute atomic E-state index is 0.0271. The smallest absolute Gasteiger partial charge is 0.306 e. The second kappa shape index (κ2) is 33.4. The Bertz CT molecular complexity index is 719. The van der Waals surface area contributed by atoms with Gasteiger partial charge in [-0.3, -0.25) is 9.59 Å². The Morgan fingerprint density at radius 2 is 0.929 bits per heavy atom. The van der Waals surface area contributed by atoms with E-state index in [0.717, 1.165) is 83.5 Å². The highest BCUT2D eigenvalue weighted by atomic mass is 16.5. The SMILES string of the molecule is CCCCC/C=C\C/C=C\C/C=C\C/C=C\CCCCCCCC(=O)OC(CCCCCC)CCCCCCC(=O)O. The van der Waals surface area contributed by atoms with Gasteiger partial charge in [0.2, 0.25) is 0 Å². The molecule has 0 aliphatic heterocycles. The van der Waals surface area contributed by atoms with Gasteiger partial charge >= 0.3 is 11.9 Å². The van der Waals surface area contributed by atoms with Gasteiger partial charge in [-0.2, -0.15) is 0 Å². The highest BCUT2D eigenvalue weighted by Crippen LogP contribution is 2.17. The number of hydrogen-bond acceptors (Lipinski definition) is 3. The number of ether oxygens (including phenoxy) is 1. The maximum atomic E-state index is 12.4. The lowest BCUT2D eigenvalue weighted by Gasteiger charge is -2.18. The number of allylic oxidation sites excluding steroid dienone is 8. The van der Waals surface area contributed by atoms with Gasteiger partial charge in [0.25, 0.3) is 0 Å². The van der Waals surface area contributed by atoms with Crippen LogP contribution in [0.25, 0.3) is 0 Å². The van der Waals surface area contributed by atoms with Gasteiger partial charge in [0.15, 0.2) is 0 Å². The standard InChI is InChI=1S/C38H66O4/c1-3-5-7-9-10-11-12-13-14-15-16-17-18-19-20-21-22-23-24-25-31-35-38(41)42-36(32-28-8-6-4-2)33-29-26-27-30-34-37(39)40/h10-11,13-14,16-17,19-20,36H,3-9,12,15,18,21-35H2,1-2H3,(H,39,40)/b11-10-,14-13-,17-16-,20-19-. The molecule has 0 aromatic carbocycles. The molecule has 0 aromatic rings. The van der Waals surface area contributed by atoms with E-state index in [-0.39, 0.29) is 18.5 Å². The van der Waals surface area contributed by atoms with Crippen LogP contribution in [0.1, 0.15) is 174 Å². The molecule has 4 heteroatoms. The predicted octanol–water partition coefficient (Wildman–Crippen LogP) is 12.0. The summed E-state index contributed by atoms with van der Waals surface area (Å²) in [6.07, 6.45) is 44.2. The normalized spacial score (nSPS) is 12.8. The summed E-state index contributed by atoms with van der Waals surface area (Å²) in [5.74, 6) is -0.758. The van der Waals surface area contributed by atoms with Crippen LogP contribution in [0.5, 0.6) is 0 Å². The topological polar surface area (TPSA) is 63.6 Å². The fourth-order valence-electron chi connectivity index (χ4n) is 4.93. The zero-order valence-electron chi connectivity index (χ0n) is 27.5. The van der Waals surface area contributed by atoms with E-state index in [4.69, 9.17) is 9.84 Å². The Kier molecular flexibility index (Phi) is 31.7. The molecule has 0 radical (unpaired) electrons. The number of carboxylic acids is 1. The van der Waals surface area contributed by atoms with Crippen LogP contribution in [0.15, 0.2) is 48.6 Å². The number of aliphatic carboxylic acids is 1. The van der Waals surface area contributed by atoms with Gasteiger partial charge in [-0.25, -0.2) is 0 Å². The summed E-state index contributed by atoms with van der Waals surface area (Å²) >= 11 is 0. The van der Waals surface area contributed by atoms with Crippen molar-refractivity contribution in [1.29, 1.82) is 0 Å². The van der Waals surface area contributed by atoms with Crippen molar-refractivity contribution >= 4 is 11.9 Å². The Labute approximate surface area is 260 Å². The summed E-state index contributed by atoms with van der Waals surface area (Å²) in [5.41, 5.74) is 0. The van der Waals surface area contributed by atoms with Crippen molar-refractivity contribution in [3.63, 3.8) is 0 Å². The molecule has 1 N–H and O–H groups in total. The van der Waals surface area contributed by atoms with Crippen molar-refractivity contribution in [2.24, 2.45) is 0 Å². The Balaban J connectivity index is 3.81. The van der Waals surface area contributed by atoms with Crippen LogP contribution in [0, 0.1) is 0 Å². The van der Waals surface area contributed by atoms with Crippen LogP contribution in [0.3, 0.4) is 0 Å². The van der Waals surface area contributed by atoms with E-state index in [1.165, 1.54) is 64.2 Å². The minimum atomic E-state index is -0.718. The highest BCUT2D eigenvalue weighted by molar-refractivity contribution is 5.69. The summed E-state index contributed by atoms with van der Waals surface area (Å²) in [4.78, 5) is 23.1. The molecule has 0 rings (SSSR count). The average Bonchev–Trinajstić information content (AvgIpc) is 2.97. The molecule has 4 nitrogen and oxygen atoms in total. The molecule has 0 aliphatic carbocycles. The number of carbonyl (C=O) groups is 2. The monoisotopic (exact) mass is 586 g/mol. The maximum Gasteiger partial charge on any atom is 0.306 e. The van der Waals surface area contributed by atoms with E-state index in [2.05, 4.69) is 62.5 Å². The molecule has 1 atom stereocenters. The molecule has 0 spiro atoms. The van der Waals surface area contributed by atoms with E-state index < -0.39 is 5.97 Å². The molecule has 0 amide bonds. The second-order valence-electron chi connectivity index (χ2n) is 11.7. The highest BCUT2D eigenvalue weighted by Gasteiger charge is 2.14. The number of carboxylic acid groups (broad SMARTS) is 1. The quantitative estimate of drug-likeness (QED) is 0.0498. The molecule has 0 heterocycles. The summed E-state index contributed by atoms with van der Waals surface area (Å²) in [7, 11) is 0. The lowest BCUT2D eigenvalue weighted by molar-refractivity contribution is -0.150. The first-order valence-corrected chi connectivity index (χ1v) is 17.6. The summed E-state index contributed by atoms with van der Waals surface area (Å²) in [5, 5.41) is 8.77. The summed E-state index contributed by atoms with van der Waals surface area (Å²) < 4.78 is 5.87. The maximum absolute atomic E-state index is 12.4. The molecule has 0 aromatic heterocycles. The van der Waals surface area contributed by atoms with Crippen LogP contribution in [-0.4, -0.2) is 23.1 Å². The van der Waals surface area contributed by atoms with Gasteiger partial charge in [0.05, 0.1) is 0 Å². The van der Waals surface area contributed by atoms with Crippen molar-refractivity contribution in [3.8, 4) is 0 Å². The van der Waals surface area contributed by atoms with Gasteiger partial charge in [-0.05, 0) is 83.5 Å². The first-order valence-electron chi connectivity index (χ1n) is 17.6. The largest absolute Gasteiger partial charge is 0.481 e. The minimum Gasteiger partial charge on any atom is -0.481 e. The molecule has 0 bridgehead atoms. The zero-order chi connectivity index (χ0) is 30.8. The van der Waals surface area contributed by atoms with Crippen LogP contribution < -0.4 is 0 Å². The van der Waals surface area contributed by atoms with Crippen molar-refractivity contribution in [1.82, 2.24) is 0 Å². The molecule has 0 saturated heterocycles. The van der Waals surface area contributed by atoms with Crippen LogP contribution in [0.4, 0.5) is 0 Å². The number of rotatable bonds is 31. The first-order chi connectivity index (χ1) is 20.6. The van der Waals surface area contributed by atoms with Crippen LogP contribution >= 0.6 is 0 Å². The third-order valence-electron chi connectivity index (χ3n) is 7.55. The van der Waals surface area contributed by atoms with E-state index in [9.17, 15) is 9.59 Å². The third-order valence-corrected chi connectivity index (χ3v) is 7.55. The van der Waals surface area contributed by atoms with Gasteiger partial charge in [0.1, 0.15) is 6.10 Å². The average molecular weight is 587 g/mol. The third kappa shape index (κ3) is 32.4. The second-order valence-corrected chi connectivity index (χ2v) is 11.7. The summed E-state index contributed by atoms with van der Waals surface area (Å²) in [6.45, 7) is 4.45. The summed E-state index contributed by atoms with van der Waals surface area (Å²) in [6, 6.07) is 0. The first kappa shape index (κ1) is 39.9. The molecular weight excluding hydrogens is 520 g/mol. The zero-order valence-corrected chi connectivity index (χ0v) is 27.5. The molecule has 0 saturated carbocycles. The van der Waals surface area contributed by atoms with Gasteiger partial charge in [-0.15, -0.1) is 0 Å². The number of hydrogen-bond donors (Lipinski definition) is 1. The van der Waals surface area contributed by atoms with Crippen molar-refractivity contribution < 1.29 is 19.4 Å². The van der Waals surface area contributed by atoms with Crippen LogP contribution in [-0.2, 0) is 14.3 Å². The Morgan fingerprint density at radius 1 is 0.524 bits per heavy atom. The Hall–Kier alpha value is -2.10. The molecule has 242 valence electrons. The fourth-order valence-corrected chi connectivity index (χ4v) is 4.93. The molecule has 0 aliphatic rings. The van der Waals surface area contributed by atoms with Crippen molar-refractivity contribution in [3.05, 3.63) is 48.6 Å². The van der Waals surface area contributed by atoms with E-state index in [1.54, 1.807) is 0 Å². The molecule has 42 heavy (non-hydrogen) atoms. The van der Waals surface area contributed by atoms with Gasteiger partial charge in [0, 0.05) is 12.8 Å². The van der Waals surface area contributed by atoms with Crippen molar-refractivity contribution in [2.45, 2.75) is 180 Å². The van der Waals surface area contributed by atoms with Gasteiger partial charge < -0.3 is 9.84 Å². The molecule has 0 fully saturated rings. The lowest BCUT2D eigenvalue weighted by atomic mass is 10.0. The number of unbranched alkanes of at least 4 members (excludes halogenated alkanes) is 14. The Morgan fingerprint density at radius 3 is 1.48 bits per heavy atom. The predicted molar refractivity (Wildman–Crippen MR) is 181 cm³/mol. The van der Waals surface area contributed by atoms with E-state index in [1.807, 2.05) is 0 Å². The molecule has 1 unspecified atom stereocenters. The van der Waals surface area contributed by atoms with E-state index in [0.29, 0.717) is 6.42 Å². The molecular formula is C38H66O4. The number of carbonyl (C=O) groups excluding carboxylic acids is 1. The lowest BCUT2D eigenvalue weighted by Crippen LogP contribution is -2.18. The van der Waals surface area contributed by atoms with Crippen LogP contribution in [0.2, 0.25) is 0 Å².